The Bertz CT molecular complexity index is 537. The van der Waals surface area contributed by atoms with Crippen molar-refractivity contribution in [1.82, 2.24) is 10.2 Å². The van der Waals surface area contributed by atoms with Crippen LogP contribution in [0.25, 0.3) is 0 Å². The zero-order valence-electron chi connectivity index (χ0n) is 11.2. The maximum absolute atomic E-state index is 8.75. The fraction of sp³-hybridized carbons (Fsp3) is 0.429. The van der Waals surface area contributed by atoms with Crippen molar-refractivity contribution in [2.75, 3.05) is 13.2 Å². The molecule has 0 atom stereocenters. The van der Waals surface area contributed by atoms with Gasteiger partial charge in [-0.2, -0.15) is 0 Å². The van der Waals surface area contributed by atoms with E-state index >= 15 is 0 Å². The van der Waals surface area contributed by atoms with Gasteiger partial charge in [0.05, 0.1) is 19.6 Å². The van der Waals surface area contributed by atoms with Gasteiger partial charge in [-0.05, 0) is 37.1 Å². The van der Waals surface area contributed by atoms with Gasteiger partial charge in [0, 0.05) is 6.42 Å². The molecule has 0 aliphatic rings. The van der Waals surface area contributed by atoms with Crippen LogP contribution in [0.1, 0.15) is 22.9 Å². The van der Waals surface area contributed by atoms with Crippen LogP contribution in [-0.4, -0.2) is 28.5 Å². The minimum absolute atomic E-state index is 0.0147. The van der Waals surface area contributed by atoms with Gasteiger partial charge in [0.25, 0.3) is 0 Å². The van der Waals surface area contributed by atoms with Gasteiger partial charge >= 0.3 is 0 Å². The van der Waals surface area contributed by atoms with Gasteiger partial charge in [0.1, 0.15) is 5.75 Å². The third-order valence-electron chi connectivity index (χ3n) is 2.90. The predicted octanol–water partition coefficient (Wildman–Crippen LogP) is 1.84. The molecule has 2 rings (SSSR count). The zero-order chi connectivity index (χ0) is 13.7. The summed E-state index contributed by atoms with van der Waals surface area (Å²) in [6, 6.07) is 6.00. The molecule has 2 aromatic rings. The molecule has 0 amide bonds. The number of aromatic nitrogens is 2. The standard InChI is InChI=1S/C14H18N2O3/c1-10-3-4-12(9-11(10)2)18-8-6-14-16-15-13(19-14)5-7-17/h3-4,9,17H,5-8H2,1-2H3. The summed E-state index contributed by atoms with van der Waals surface area (Å²) in [5.41, 5.74) is 2.46. The summed E-state index contributed by atoms with van der Waals surface area (Å²) in [4.78, 5) is 0. The third-order valence-corrected chi connectivity index (χ3v) is 2.90. The first-order valence-electron chi connectivity index (χ1n) is 6.31. The Hall–Kier alpha value is -1.88. The molecule has 1 aromatic carbocycles. The highest BCUT2D eigenvalue weighted by Crippen LogP contribution is 2.16. The van der Waals surface area contributed by atoms with E-state index in [1.54, 1.807) is 0 Å². The summed E-state index contributed by atoms with van der Waals surface area (Å²) >= 11 is 0. The molecule has 0 saturated heterocycles. The van der Waals surface area contributed by atoms with Crippen LogP contribution in [0, 0.1) is 13.8 Å². The van der Waals surface area contributed by atoms with Crippen LogP contribution in [0.5, 0.6) is 5.75 Å². The molecule has 0 saturated carbocycles. The lowest BCUT2D eigenvalue weighted by Crippen LogP contribution is -2.02. The average molecular weight is 262 g/mol. The number of hydrogen-bond donors (Lipinski definition) is 1. The molecule has 0 aliphatic heterocycles. The van der Waals surface area contributed by atoms with E-state index in [1.807, 2.05) is 18.2 Å². The maximum atomic E-state index is 8.75. The number of aryl methyl sites for hydroxylation is 2. The molecule has 5 heteroatoms. The molecule has 0 unspecified atom stereocenters. The fourth-order valence-corrected chi connectivity index (χ4v) is 1.65. The van der Waals surface area contributed by atoms with Crippen molar-refractivity contribution in [2.45, 2.75) is 26.7 Å². The topological polar surface area (TPSA) is 68.4 Å². The lowest BCUT2D eigenvalue weighted by Gasteiger charge is -2.06. The van der Waals surface area contributed by atoms with Gasteiger partial charge < -0.3 is 14.3 Å². The maximum Gasteiger partial charge on any atom is 0.219 e. The summed E-state index contributed by atoms with van der Waals surface area (Å²) < 4.78 is 11.0. The molecule has 0 fully saturated rings. The van der Waals surface area contributed by atoms with Crippen molar-refractivity contribution in [2.24, 2.45) is 0 Å². The molecule has 0 aliphatic carbocycles. The van der Waals surface area contributed by atoms with Gasteiger partial charge in [0.15, 0.2) is 0 Å². The SMILES string of the molecule is Cc1ccc(OCCc2nnc(CCO)o2)cc1C. The minimum Gasteiger partial charge on any atom is -0.493 e. The highest BCUT2D eigenvalue weighted by molar-refractivity contribution is 5.33. The number of aliphatic hydroxyl groups excluding tert-OH is 1. The monoisotopic (exact) mass is 262 g/mol. The highest BCUT2D eigenvalue weighted by atomic mass is 16.5. The third kappa shape index (κ3) is 3.79. The van der Waals surface area contributed by atoms with Crippen LogP contribution in [0.2, 0.25) is 0 Å². The quantitative estimate of drug-likeness (QED) is 0.860. The number of rotatable bonds is 6. The molecule has 1 aromatic heterocycles. The second-order valence-corrected chi connectivity index (χ2v) is 4.41. The number of aliphatic hydroxyl groups is 1. The number of ether oxygens (including phenoxy) is 1. The van der Waals surface area contributed by atoms with Crippen LogP contribution in [0.4, 0.5) is 0 Å². The summed E-state index contributed by atoms with van der Waals surface area (Å²) in [5.74, 6) is 1.84. The van der Waals surface area contributed by atoms with Crippen molar-refractivity contribution in [3.63, 3.8) is 0 Å². The second-order valence-electron chi connectivity index (χ2n) is 4.41. The molecule has 1 heterocycles. The molecule has 1 N–H and O–H groups in total. The van der Waals surface area contributed by atoms with Crippen molar-refractivity contribution in [1.29, 1.82) is 0 Å². The van der Waals surface area contributed by atoms with Crippen molar-refractivity contribution in [3.05, 3.63) is 41.1 Å². The molecular weight excluding hydrogens is 244 g/mol. The van der Waals surface area contributed by atoms with E-state index in [2.05, 4.69) is 24.0 Å². The van der Waals surface area contributed by atoms with Crippen LogP contribution in [-0.2, 0) is 12.8 Å². The van der Waals surface area contributed by atoms with E-state index in [0.717, 1.165) is 5.75 Å². The summed E-state index contributed by atoms with van der Waals surface area (Å²) in [6.07, 6.45) is 0.955. The van der Waals surface area contributed by atoms with Crippen LogP contribution < -0.4 is 4.74 Å². The number of hydrogen-bond acceptors (Lipinski definition) is 5. The van der Waals surface area contributed by atoms with E-state index in [-0.39, 0.29) is 6.61 Å². The Kier molecular flexibility index (Phi) is 4.52. The lowest BCUT2D eigenvalue weighted by atomic mass is 10.1. The zero-order valence-corrected chi connectivity index (χ0v) is 11.2. The van der Waals surface area contributed by atoms with Gasteiger partial charge in [-0.15, -0.1) is 10.2 Å². The largest absolute Gasteiger partial charge is 0.493 e. The first-order valence-corrected chi connectivity index (χ1v) is 6.31. The van der Waals surface area contributed by atoms with E-state index in [0.29, 0.717) is 31.2 Å². The van der Waals surface area contributed by atoms with E-state index in [4.69, 9.17) is 14.3 Å². The van der Waals surface area contributed by atoms with Crippen LogP contribution in [0.15, 0.2) is 22.6 Å². The van der Waals surface area contributed by atoms with Crippen molar-refractivity contribution in [3.8, 4) is 5.75 Å². The van der Waals surface area contributed by atoms with Crippen LogP contribution >= 0.6 is 0 Å². The van der Waals surface area contributed by atoms with Gasteiger partial charge in [-0.3, -0.25) is 0 Å². The Morgan fingerprint density at radius 1 is 1.11 bits per heavy atom. The lowest BCUT2D eigenvalue weighted by molar-refractivity contribution is 0.278. The summed E-state index contributed by atoms with van der Waals surface area (Å²) in [6.45, 7) is 4.63. The minimum atomic E-state index is 0.0147. The van der Waals surface area contributed by atoms with Crippen molar-refractivity contribution < 1.29 is 14.3 Å². The number of benzene rings is 1. The average Bonchev–Trinajstić information content (AvgIpc) is 2.82. The molecule has 5 nitrogen and oxygen atoms in total. The summed E-state index contributed by atoms with van der Waals surface area (Å²) in [5, 5.41) is 16.5. The first kappa shape index (κ1) is 13.5. The Labute approximate surface area is 112 Å². The molecule has 0 radical (unpaired) electrons. The normalized spacial score (nSPS) is 10.7. The Morgan fingerprint density at radius 3 is 2.53 bits per heavy atom. The Morgan fingerprint density at radius 2 is 1.84 bits per heavy atom. The predicted molar refractivity (Wildman–Crippen MR) is 70.2 cm³/mol. The van der Waals surface area contributed by atoms with Gasteiger partial charge in [0.2, 0.25) is 11.8 Å². The molecule has 102 valence electrons. The first-order chi connectivity index (χ1) is 9.19. The van der Waals surface area contributed by atoms with Crippen molar-refractivity contribution >= 4 is 0 Å². The molecule has 0 spiro atoms. The second kappa shape index (κ2) is 6.33. The molecule has 0 bridgehead atoms. The highest BCUT2D eigenvalue weighted by Gasteiger charge is 2.05. The molecule has 19 heavy (non-hydrogen) atoms. The Balaban J connectivity index is 1.83. The molecular formula is C14H18N2O3. The summed E-state index contributed by atoms with van der Waals surface area (Å²) in [7, 11) is 0. The fourth-order valence-electron chi connectivity index (χ4n) is 1.65. The van der Waals surface area contributed by atoms with E-state index < -0.39 is 0 Å². The van der Waals surface area contributed by atoms with Gasteiger partial charge in [-0.1, -0.05) is 6.07 Å². The van der Waals surface area contributed by atoms with Gasteiger partial charge in [-0.25, -0.2) is 0 Å². The number of nitrogens with zero attached hydrogens (tertiary/aromatic N) is 2. The smallest absolute Gasteiger partial charge is 0.219 e. The van der Waals surface area contributed by atoms with E-state index in [1.165, 1.54) is 11.1 Å². The van der Waals surface area contributed by atoms with E-state index in [9.17, 15) is 0 Å². The van der Waals surface area contributed by atoms with Crippen LogP contribution in [0.3, 0.4) is 0 Å².